The summed E-state index contributed by atoms with van der Waals surface area (Å²) < 4.78 is 2.02. The molecule has 4 aromatic heterocycles. The topological polar surface area (TPSA) is 55.1 Å². The van der Waals surface area contributed by atoms with Crippen molar-refractivity contribution < 1.29 is 0 Å². The zero-order valence-corrected chi connectivity index (χ0v) is 13.2. The molecule has 6 heteroatoms. The van der Waals surface area contributed by atoms with Crippen LogP contribution in [-0.2, 0) is 6.54 Å². The fraction of sp³-hybridized carbons (Fsp3) is 0.188. The number of imidazole rings is 1. The molecule has 110 valence electrons. The molecule has 5 nitrogen and oxygen atoms in total. The van der Waals surface area contributed by atoms with Crippen LogP contribution in [0.25, 0.3) is 15.9 Å². The fourth-order valence-corrected chi connectivity index (χ4v) is 3.56. The van der Waals surface area contributed by atoms with Crippen LogP contribution in [-0.4, -0.2) is 19.4 Å². The van der Waals surface area contributed by atoms with Gasteiger partial charge in [0.25, 0.3) is 0 Å². The molecule has 0 amide bonds. The molecule has 0 saturated heterocycles. The summed E-state index contributed by atoms with van der Waals surface area (Å²) >= 11 is 1.71. The Hall–Kier alpha value is -2.47. The molecule has 0 saturated carbocycles. The first kappa shape index (κ1) is 13.2. The maximum atomic E-state index is 4.60. The van der Waals surface area contributed by atoms with E-state index in [1.165, 1.54) is 10.4 Å². The van der Waals surface area contributed by atoms with Gasteiger partial charge in [-0.1, -0.05) is 6.07 Å². The normalized spacial score (nSPS) is 11.4. The fourth-order valence-electron chi connectivity index (χ4n) is 2.56. The van der Waals surface area contributed by atoms with Crippen molar-refractivity contribution in [3.8, 4) is 0 Å². The molecule has 0 bridgehead atoms. The monoisotopic (exact) mass is 309 g/mol. The highest BCUT2D eigenvalue weighted by Gasteiger charge is 2.12. The molecule has 0 radical (unpaired) electrons. The lowest BCUT2D eigenvalue weighted by Crippen LogP contribution is -2.02. The van der Waals surface area contributed by atoms with Crippen LogP contribution in [0.5, 0.6) is 0 Å². The van der Waals surface area contributed by atoms with Crippen LogP contribution in [0.2, 0.25) is 0 Å². The predicted octanol–water partition coefficient (Wildman–Crippen LogP) is 3.57. The summed E-state index contributed by atoms with van der Waals surface area (Å²) in [6.45, 7) is 4.88. The van der Waals surface area contributed by atoms with Crippen LogP contribution < -0.4 is 5.32 Å². The molecule has 0 fully saturated rings. The van der Waals surface area contributed by atoms with E-state index in [1.54, 1.807) is 17.7 Å². The molecule has 0 unspecified atom stereocenters. The molecule has 0 atom stereocenters. The number of hydrogen-bond donors (Lipinski definition) is 1. The Morgan fingerprint density at radius 3 is 3.00 bits per heavy atom. The largest absolute Gasteiger partial charge is 0.364 e. The Balaban J connectivity index is 1.66. The zero-order chi connectivity index (χ0) is 15.1. The number of aryl methyl sites for hydroxylation is 2. The number of nitrogens with zero attached hydrogens (tertiary/aromatic N) is 4. The van der Waals surface area contributed by atoms with Crippen molar-refractivity contribution in [3.63, 3.8) is 0 Å². The van der Waals surface area contributed by atoms with E-state index >= 15 is 0 Å². The highest BCUT2D eigenvalue weighted by molar-refractivity contribution is 7.18. The van der Waals surface area contributed by atoms with Gasteiger partial charge in [0.05, 0.1) is 17.6 Å². The Morgan fingerprint density at radius 2 is 2.14 bits per heavy atom. The van der Waals surface area contributed by atoms with Gasteiger partial charge < -0.3 is 9.72 Å². The van der Waals surface area contributed by atoms with Gasteiger partial charge in [-0.15, -0.1) is 11.3 Å². The number of pyridine rings is 1. The van der Waals surface area contributed by atoms with Crippen molar-refractivity contribution in [2.24, 2.45) is 0 Å². The summed E-state index contributed by atoms with van der Waals surface area (Å²) in [5.41, 5.74) is 3.19. The Morgan fingerprint density at radius 1 is 1.23 bits per heavy atom. The lowest BCUT2D eigenvalue weighted by Gasteiger charge is -2.05. The van der Waals surface area contributed by atoms with Gasteiger partial charge in [-0.05, 0) is 31.5 Å². The lowest BCUT2D eigenvalue weighted by molar-refractivity contribution is 1.05. The van der Waals surface area contributed by atoms with E-state index in [4.69, 9.17) is 0 Å². The van der Waals surface area contributed by atoms with Crippen LogP contribution in [0.1, 0.15) is 16.1 Å². The van der Waals surface area contributed by atoms with E-state index in [2.05, 4.69) is 34.1 Å². The second-order valence-corrected chi connectivity index (χ2v) is 6.44. The van der Waals surface area contributed by atoms with Crippen molar-refractivity contribution in [3.05, 3.63) is 53.1 Å². The molecule has 0 aliphatic heterocycles. The van der Waals surface area contributed by atoms with Crippen molar-refractivity contribution in [1.29, 1.82) is 0 Å². The zero-order valence-electron chi connectivity index (χ0n) is 12.4. The Kier molecular flexibility index (Phi) is 3.04. The molecule has 4 heterocycles. The third kappa shape index (κ3) is 2.12. The molecule has 0 aliphatic carbocycles. The van der Waals surface area contributed by atoms with Gasteiger partial charge >= 0.3 is 0 Å². The first-order valence-electron chi connectivity index (χ1n) is 7.09. The third-order valence-electron chi connectivity index (χ3n) is 3.82. The number of nitrogens with one attached hydrogen (secondary N) is 1. The number of aromatic nitrogens is 4. The first-order chi connectivity index (χ1) is 10.7. The molecular formula is C16H15N5S. The number of hydrogen-bond acceptors (Lipinski definition) is 5. The number of anilines is 1. The average Bonchev–Trinajstić information content (AvgIpc) is 3.07. The van der Waals surface area contributed by atoms with Crippen LogP contribution in [0.15, 0.2) is 36.9 Å². The molecule has 4 aromatic rings. The van der Waals surface area contributed by atoms with Crippen molar-refractivity contribution in [2.45, 2.75) is 20.4 Å². The molecule has 0 spiro atoms. The predicted molar refractivity (Wildman–Crippen MR) is 89.4 cm³/mol. The van der Waals surface area contributed by atoms with Crippen LogP contribution in [0, 0.1) is 13.8 Å². The van der Waals surface area contributed by atoms with E-state index in [0.717, 1.165) is 27.4 Å². The van der Waals surface area contributed by atoms with Gasteiger partial charge in [-0.25, -0.2) is 15.0 Å². The highest BCUT2D eigenvalue weighted by Crippen LogP contribution is 2.32. The molecule has 0 aliphatic rings. The van der Waals surface area contributed by atoms with Gasteiger partial charge in [0.15, 0.2) is 0 Å². The highest BCUT2D eigenvalue weighted by atomic mass is 32.1. The summed E-state index contributed by atoms with van der Waals surface area (Å²) in [6, 6.07) is 5.99. The summed E-state index contributed by atoms with van der Waals surface area (Å²) in [5.74, 6) is 0.879. The quantitative estimate of drug-likeness (QED) is 0.628. The molecule has 4 rings (SSSR count). The smallest absolute Gasteiger partial charge is 0.138 e. The molecule has 1 N–H and O–H groups in total. The maximum absolute atomic E-state index is 4.60. The molecule has 22 heavy (non-hydrogen) atoms. The number of rotatable bonds is 3. The van der Waals surface area contributed by atoms with Gasteiger partial charge in [-0.2, -0.15) is 0 Å². The van der Waals surface area contributed by atoms with Crippen molar-refractivity contribution in [2.75, 3.05) is 5.32 Å². The lowest BCUT2D eigenvalue weighted by atomic mass is 10.2. The van der Waals surface area contributed by atoms with E-state index in [0.29, 0.717) is 6.54 Å². The summed E-state index contributed by atoms with van der Waals surface area (Å²) in [6.07, 6.45) is 5.65. The van der Waals surface area contributed by atoms with E-state index < -0.39 is 0 Å². The van der Waals surface area contributed by atoms with Gasteiger partial charge in [0.2, 0.25) is 0 Å². The number of thiophene rings is 1. The third-order valence-corrected chi connectivity index (χ3v) is 4.93. The molecule has 0 aromatic carbocycles. The van der Waals surface area contributed by atoms with Crippen molar-refractivity contribution >= 4 is 33.0 Å². The van der Waals surface area contributed by atoms with Gasteiger partial charge in [0, 0.05) is 17.3 Å². The van der Waals surface area contributed by atoms with E-state index in [-0.39, 0.29) is 0 Å². The summed E-state index contributed by atoms with van der Waals surface area (Å²) in [7, 11) is 0. The van der Waals surface area contributed by atoms with Gasteiger partial charge in [0.1, 0.15) is 22.6 Å². The SMILES string of the molecule is Cc1sc2ncnc(NCc3cn4ccccc4n3)c2c1C. The van der Waals surface area contributed by atoms with Crippen LogP contribution in [0.3, 0.4) is 0 Å². The Labute approximate surface area is 131 Å². The number of fused-ring (bicyclic) bond motifs is 2. The van der Waals surface area contributed by atoms with E-state index in [9.17, 15) is 0 Å². The second-order valence-electron chi connectivity index (χ2n) is 5.24. The minimum absolute atomic E-state index is 0.641. The van der Waals surface area contributed by atoms with E-state index in [1.807, 2.05) is 35.0 Å². The minimum atomic E-state index is 0.641. The van der Waals surface area contributed by atoms with Gasteiger partial charge in [-0.3, -0.25) is 0 Å². The van der Waals surface area contributed by atoms with Crippen molar-refractivity contribution in [1.82, 2.24) is 19.4 Å². The van der Waals surface area contributed by atoms with Crippen LogP contribution in [0.4, 0.5) is 5.82 Å². The average molecular weight is 309 g/mol. The summed E-state index contributed by atoms with van der Waals surface area (Å²) in [5, 5.41) is 4.52. The summed E-state index contributed by atoms with van der Waals surface area (Å²) in [4.78, 5) is 15.7. The first-order valence-corrected chi connectivity index (χ1v) is 7.91. The maximum Gasteiger partial charge on any atom is 0.138 e. The Bertz CT molecular complexity index is 936. The molecular weight excluding hydrogens is 294 g/mol. The standard InChI is InChI=1S/C16H15N5S/c1-10-11(2)22-16-14(10)15(18-9-19-16)17-7-12-8-21-6-4-3-5-13(21)20-12/h3-6,8-9H,7H2,1-2H3,(H,17,18,19). The minimum Gasteiger partial charge on any atom is -0.364 e. The van der Waals surface area contributed by atoms with Crippen LogP contribution >= 0.6 is 11.3 Å². The second kappa shape index (κ2) is 5.06.